The summed E-state index contributed by atoms with van der Waals surface area (Å²) in [5.41, 5.74) is 4.05. The number of hydrogen-bond acceptors (Lipinski definition) is 6. The van der Waals surface area contributed by atoms with Gasteiger partial charge in [0.2, 0.25) is 0 Å². The van der Waals surface area contributed by atoms with Gasteiger partial charge in [0.05, 0.1) is 17.4 Å². The largest absolute Gasteiger partial charge is 0.504 e. The third-order valence-electron chi connectivity index (χ3n) is 3.64. The summed E-state index contributed by atoms with van der Waals surface area (Å²) in [7, 11) is 0. The van der Waals surface area contributed by atoms with Gasteiger partial charge >= 0.3 is 0 Å². The van der Waals surface area contributed by atoms with Crippen molar-refractivity contribution in [2.24, 2.45) is 0 Å². The van der Waals surface area contributed by atoms with Crippen LogP contribution in [0.15, 0.2) is 54.2 Å². The second-order valence-electron chi connectivity index (χ2n) is 5.38. The summed E-state index contributed by atoms with van der Waals surface area (Å²) in [5, 5.41) is 17.2. The number of fused-ring (bicyclic) bond motifs is 1. The maximum Gasteiger partial charge on any atom is 0.157 e. The second-order valence-corrected chi connectivity index (χ2v) is 6.24. The van der Waals surface area contributed by atoms with E-state index in [0.29, 0.717) is 5.69 Å². The number of rotatable bonds is 3. The van der Waals surface area contributed by atoms with Crippen LogP contribution in [0.25, 0.3) is 21.6 Å². The van der Waals surface area contributed by atoms with Crippen LogP contribution in [0.4, 0.5) is 11.4 Å². The van der Waals surface area contributed by atoms with Crippen molar-refractivity contribution in [2.75, 3.05) is 5.32 Å². The lowest BCUT2D eigenvalue weighted by Gasteiger charge is -2.11. The zero-order valence-electron chi connectivity index (χ0n) is 12.9. The highest BCUT2D eigenvalue weighted by Gasteiger charge is 2.10. The first-order valence-corrected chi connectivity index (χ1v) is 8.31. The molecule has 0 saturated carbocycles. The number of thiazole rings is 1. The van der Waals surface area contributed by atoms with Crippen LogP contribution in [0.2, 0.25) is 0 Å². The molecule has 0 atom stereocenters. The molecule has 0 bridgehead atoms. The molecular formula is C18H14N4OS. The Kier molecular flexibility index (Phi) is 3.59. The summed E-state index contributed by atoms with van der Waals surface area (Å²) in [6.07, 6.45) is 3.19. The van der Waals surface area contributed by atoms with Gasteiger partial charge < -0.3 is 10.4 Å². The number of benzene rings is 1. The maximum atomic E-state index is 10.2. The average Bonchev–Trinajstić information content (AvgIpc) is 3.04. The summed E-state index contributed by atoms with van der Waals surface area (Å²) < 4.78 is 0. The van der Waals surface area contributed by atoms with E-state index in [1.54, 1.807) is 6.20 Å². The number of nitrogens with zero attached hydrogens (tertiary/aromatic N) is 3. The molecule has 0 amide bonds. The molecule has 3 heterocycles. The van der Waals surface area contributed by atoms with Gasteiger partial charge in [-0.05, 0) is 25.1 Å². The minimum absolute atomic E-state index is 0.0907. The summed E-state index contributed by atoms with van der Waals surface area (Å²) in [5.74, 6) is 0.0907. The molecular weight excluding hydrogens is 320 g/mol. The topological polar surface area (TPSA) is 70.9 Å². The number of anilines is 2. The fraction of sp³-hybridized carbons (Fsp3) is 0.0556. The zero-order chi connectivity index (χ0) is 16.5. The van der Waals surface area contributed by atoms with Crippen molar-refractivity contribution in [1.29, 1.82) is 0 Å². The number of hydrogen-bond donors (Lipinski definition) is 2. The Morgan fingerprint density at radius 1 is 1.08 bits per heavy atom. The molecule has 118 valence electrons. The Labute approximate surface area is 142 Å². The maximum absolute atomic E-state index is 10.2. The fourth-order valence-electron chi connectivity index (χ4n) is 2.49. The normalized spacial score (nSPS) is 10.9. The van der Waals surface area contributed by atoms with Gasteiger partial charge in [-0.1, -0.05) is 18.2 Å². The molecule has 0 aliphatic carbocycles. The highest BCUT2D eigenvalue weighted by Crippen LogP contribution is 2.33. The highest BCUT2D eigenvalue weighted by atomic mass is 32.1. The Balaban J connectivity index is 1.76. The highest BCUT2D eigenvalue weighted by molar-refractivity contribution is 7.13. The van der Waals surface area contributed by atoms with Crippen molar-refractivity contribution in [1.82, 2.24) is 15.0 Å². The van der Waals surface area contributed by atoms with Crippen LogP contribution in [0, 0.1) is 6.92 Å². The Bertz CT molecular complexity index is 1020. The van der Waals surface area contributed by atoms with E-state index in [-0.39, 0.29) is 5.75 Å². The van der Waals surface area contributed by atoms with Crippen LogP contribution in [0.3, 0.4) is 0 Å². The number of aryl methyl sites for hydroxylation is 1. The van der Waals surface area contributed by atoms with Crippen LogP contribution in [-0.4, -0.2) is 20.1 Å². The molecule has 0 fully saturated rings. The third-order valence-corrected chi connectivity index (χ3v) is 4.62. The number of pyridine rings is 2. The molecule has 0 saturated heterocycles. The van der Waals surface area contributed by atoms with Crippen molar-refractivity contribution in [3.63, 3.8) is 0 Å². The van der Waals surface area contributed by atoms with Gasteiger partial charge in [0.25, 0.3) is 0 Å². The molecule has 5 nitrogen and oxygen atoms in total. The molecule has 2 N–H and O–H groups in total. The van der Waals surface area contributed by atoms with Crippen LogP contribution in [0.5, 0.6) is 5.75 Å². The smallest absolute Gasteiger partial charge is 0.157 e. The van der Waals surface area contributed by atoms with Gasteiger partial charge in [-0.3, -0.25) is 4.98 Å². The quantitative estimate of drug-likeness (QED) is 0.577. The van der Waals surface area contributed by atoms with E-state index in [1.165, 1.54) is 17.5 Å². The first-order chi connectivity index (χ1) is 11.7. The first kappa shape index (κ1) is 14.6. The van der Waals surface area contributed by atoms with Gasteiger partial charge in [0.1, 0.15) is 10.7 Å². The molecule has 0 unspecified atom stereocenters. The molecule has 4 rings (SSSR count). The molecule has 0 aliphatic rings. The van der Waals surface area contributed by atoms with Crippen molar-refractivity contribution < 1.29 is 5.11 Å². The number of aromatic nitrogens is 3. The molecule has 0 spiro atoms. The standard InChI is InChI=1S/C18H14N4OS/c1-11-10-24-18(21-11)16-8-15(17(23)9-20-16)22-14-6-7-19-13-5-3-2-4-12(13)14/h2-10,23H,1H3,(H,19,20,22). The van der Waals surface area contributed by atoms with E-state index in [4.69, 9.17) is 0 Å². The lowest BCUT2D eigenvalue weighted by atomic mass is 10.2. The van der Waals surface area contributed by atoms with Crippen LogP contribution < -0.4 is 5.32 Å². The van der Waals surface area contributed by atoms with E-state index >= 15 is 0 Å². The Morgan fingerprint density at radius 2 is 1.96 bits per heavy atom. The predicted molar refractivity (Wildman–Crippen MR) is 96.8 cm³/mol. The first-order valence-electron chi connectivity index (χ1n) is 7.43. The monoisotopic (exact) mass is 334 g/mol. The number of para-hydroxylation sites is 1. The minimum Gasteiger partial charge on any atom is -0.504 e. The lowest BCUT2D eigenvalue weighted by Crippen LogP contribution is -1.95. The number of nitrogens with one attached hydrogen (secondary N) is 1. The molecule has 4 aromatic rings. The molecule has 24 heavy (non-hydrogen) atoms. The molecule has 6 heteroatoms. The SMILES string of the molecule is Cc1csc(-c2cc(Nc3ccnc4ccccc34)c(O)cn2)n1. The Morgan fingerprint density at radius 3 is 2.79 bits per heavy atom. The molecule has 0 aliphatic heterocycles. The predicted octanol–water partition coefficient (Wildman–Crippen LogP) is 4.51. The summed E-state index contributed by atoms with van der Waals surface area (Å²) in [4.78, 5) is 13.1. The Hall–Kier alpha value is -2.99. The van der Waals surface area contributed by atoms with Gasteiger partial charge in [-0.2, -0.15) is 0 Å². The summed E-state index contributed by atoms with van der Waals surface area (Å²) in [6.45, 7) is 1.95. The molecule has 3 aromatic heterocycles. The van der Waals surface area contributed by atoms with Crippen molar-refractivity contribution in [3.05, 3.63) is 59.9 Å². The van der Waals surface area contributed by atoms with Gasteiger partial charge in [-0.25, -0.2) is 9.97 Å². The van der Waals surface area contributed by atoms with E-state index in [0.717, 1.165) is 33.0 Å². The zero-order valence-corrected chi connectivity index (χ0v) is 13.7. The lowest BCUT2D eigenvalue weighted by molar-refractivity contribution is 0.475. The minimum atomic E-state index is 0.0907. The van der Waals surface area contributed by atoms with Gasteiger partial charge in [0.15, 0.2) is 5.75 Å². The number of aromatic hydroxyl groups is 1. The van der Waals surface area contributed by atoms with E-state index in [1.807, 2.05) is 48.7 Å². The average molecular weight is 334 g/mol. The van der Waals surface area contributed by atoms with Gasteiger partial charge in [0, 0.05) is 28.3 Å². The van der Waals surface area contributed by atoms with E-state index < -0.39 is 0 Å². The fourth-order valence-corrected chi connectivity index (χ4v) is 3.25. The molecule has 1 aromatic carbocycles. The van der Waals surface area contributed by atoms with Crippen molar-refractivity contribution >= 4 is 33.6 Å². The third kappa shape index (κ3) is 2.68. The summed E-state index contributed by atoms with van der Waals surface area (Å²) in [6, 6.07) is 11.6. The van der Waals surface area contributed by atoms with Crippen molar-refractivity contribution in [2.45, 2.75) is 6.92 Å². The molecule has 0 radical (unpaired) electrons. The van der Waals surface area contributed by atoms with Crippen LogP contribution in [0.1, 0.15) is 5.69 Å². The van der Waals surface area contributed by atoms with Crippen LogP contribution >= 0.6 is 11.3 Å². The van der Waals surface area contributed by atoms with E-state index in [9.17, 15) is 5.11 Å². The second kappa shape index (κ2) is 5.90. The van der Waals surface area contributed by atoms with Crippen molar-refractivity contribution in [3.8, 4) is 16.5 Å². The summed E-state index contributed by atoms with van der Waals surface area (Å²) >= 11 is 1.53. The van der Waals surface area contributed by atoms with E-state index in [2.05, 4.69) is 20.3 Å². The van der Waals surface area contributed by atoms with Gasteiger partial charge in [-0.15, -0.1) is 11.3 Å². The van der Waals surface area contributed by atoms with Crippen LogP contribution in [-0.2, 0) is 0 Å².